The van der Waals surface area contributed by atoms with Gasteiger partial charge >= 0.3 is 0 Å². The van der Waals surface area contributed by atoms with Gasteiger partial charge in [0.15, 0.2) is 0 Å². The van der Waals surface area contributed by atoms with Crippen molar-refractivity contribution in [1.82, 2.24) is 4.90 Å². The molecule has 3 aromatic rings. The van der Waals surface area contributed by atoms with Gasteiger partial charge in [-0.15, -0.1) is 0 Å². The van der Waals surface area contributed by atoms with Gasteiger partial charge in [-0.2, -0.15) is 0 Å². The van der Waals surface area contributed by atoms with Gasteiger partial charge in [-0.05, 0) is 67.2 Å². The maximum Gasteiger partial charge on any atom is 0.119 e. The predicted molar refractivity (Wildman–Crippen MR) is 123 cm³/mol. The third kappa shape index (κ3) is 5.78. The molecule has 1 atom stereocenters. The molecule has 3 aromatic carbocycles. The number of likely N-dealkylation sites (N-methyl/N-ethyl adjacent to an activating group) is 1. The van der Waals surface area contributed by atoms with E-state index in [0.29, 0.717) is 13.0 Å². The summed E-state index contributed by atoms with van der Waals surface area (Å²) in [4.78, 5) is 2.08. The highest BCUT2D eigenvalue weighted by atomic mass is 16.5. The van der Waals surface area contributed by atoms with E-state index in [4.69, 9.17) is 14.2 Å². The molecule has 0 amide bonds. The third-order valence-electron chi connectivity index (χ3n) is 5.33. The Morgan fingerprint density at radius 2 is 1.16 bits per heavy atom. The standard InChI is InChI=1S/C26H31NO4/c1-27(2)17-18-31-25-15-9-22(10-16-25)26(28,21-7-13-24(30-4)14-8-21)19-20-5-11-23(29-3)12-6-20/h5-16,28H,17-19H2,1-4H3/t26-/m1/s1. The fourth-order valence-electron chi connectivity index (χ4n) is 3.45. The molecule has 0 radical (unpaired) electrons. The molecule has 0 aliphatic rings. The van der Waals surface area contributed by atoms with Crippen LogP contribution in [0.3, 0.4) is 0 Å². The van der Waals surface area contributed by atoms with Crippen molar-refractivity contribution in [2.75, 3.05) is 41.5 Å². The number of methoxy groups -OCH3 is 2. The van der Waals surface area contributed by atoms with Crippen LogP contribution < -0.4 is 14.2 Å². The Morgan fingerprint density at radius 3 is 1.61 bits per heavy atom. The molecule has 0 fully saturated rings. The molecule has 0 heterocycles. The predicted octanol–water partition coefficient (Wildman–Crippen LogP) is 4.12. The Bertz CT molecular complexity index is 937. The SMILES string of the molecule is COc1ccc(C[C@@](O)(c2ccc(OC)cc2)c2ccc(OCCN(C)C)cc2)cc1. The molecule has 0 saturated carbocycles. The summed E-state index contributed by atoms with van der Waals surface area (Å²) in [6.45, 7) is 1.45. The highest BCUT2D eigenvalue weighted by molar-refractivity contribution is 5.43. The van der Waals surface area contributed by atoms with E-state index in [-0.39, 0.29) is 0 Å². The van der Waals surface area contributed by atoms with Crippen LogP contribution in [0.1, 0.15) is 16.7 Å². The van der Waals surface area contributed by atoms with Crippen LogP contribution in [0.25, 0.3) is 0 Å². The zero-order valence-electron chi connectivity index (χ0n) is 18.7. The van der Waals surface area contributed by atoms with E-state index >= 15 is 0 Å². The van der Waals surface area contributed by atoms with Crippen molar-refractivity contribution < 1.29 is 19.3 Å². The lowest BCUT2D eigenvalue weighted by Crippen LogP contribution is -2.30. The van der Waals surface area contributed by atoms with Gasteiger partial charge in [-0.1, -0.05) is 36.4 Å². The molecule has 0 saturated heterocycles. The van der Waals surface area contributed by atoms with Crippen molar-refractivity contribution in [1.29, 1.82) is 0 Å². The Morgan fingerprint density at radius 1 is 0.710 bits per heavy atom. The van der Waals surface area contributed by atoms with Crippen LogP contribution in [0.2, 0.25) is 0 Å². The van der Waals surface area contributed by atoms with Crippen molar-refractivity contribution in [2.45, 2.75) is 12.0 Å². The molecule has 0 spiro atoms. The summed E-state index contributed by atoms with van der Waals surface area (Å²) in [5.41, 5.74) is 1.40. The van der Waals surface area contributed by atoms with Crippen molar-refractivity contribution in [3.63, 3.8) is 0 Å². The summed E-state index contributed by atoms with van der Waals surface area (Å²) in [7, 11) is 7.31. The smallest absolute Gasteiger partial charge is 0.119 e. The molecule has 0 unspecified atom stereocenters. The largest absolute Gasteiger partial charge is 0.497 e. The van der Waals surface area contributed by atoms with Gasteiger partial charge in [0.2, 0.25) is 0 Å². The molecule has 0 aliphatic carbocycles. The van der Waals surface area contributed by atoms with Crippen LogP contribution in [0, 0.1) is 0 Å². The number of ether oxygens (including phenoxy) is 3. The molecular formula is C26H31NO4. The van der Waals surface area contributed by atoms with E-state index < -0.39 is 5.60 Å². The van der Waals surface area contributed by atoms with E-state index in [1.54, 1.807) is 14.2 Å². The first-order valence-corrected chi connectivity index (χ1v) is 10.3. The van der Waals surface area contributed by atoms with Crippen LogP contribution in [0.5, 0.6) is 17.2 Å². The highest BCUT2D eigenvalue weighted by Gasteiger charge is 2.32. The summed E-state index contributed by atoms with van der Waals surface area (Å²) in [5.74, 6) is 2.32. The van der Waals surface area contributed by atoms with Crippen molar-refractivity contribution >= 4 is 0 Å². The molecule has 5 heteroatoms. The van der Waals surface area contributed by atoms with Crippen LogP contribution in [-0.4, -0.2) is 51.5 Å². The van der Waals surface area contributed by atoms with Gasteiger partial charge < -0.3 is 24.2 Å². The van der Waals surface area contributed by atoms with E-state index in [1.807, 2.05) is 86.9 Å². The van der Waals surface area contributed by atoms with Gasteiger partial charge in [-0.3, -0.25) is 0 Å². The highest BCUT2D eigenvalue weighted by Crippen LogP contribution is 2.35. The van der Waals surface area contributed by atoms with E-state index in [9.17, 15) is 5.11 Å². The minimum atomic E-state index is -1.21. The first-order valence-electron chi connectivity index (χ1n) is 10.3. The van der Waals surface area contributed by atoms with Crippen molar-refractivity contribution in [3.05, 3.63) is 89.5 Å². The molecule has 0 bridgehead atoms. The second-order valence-corrected chi connectivity index (χ2v) is 7.79. The number of nitrogens with zero attached hydrogens (tertiary/aromatic N) is 1. The average molecular weight is 422 g/mol. The molecule has 1 N–H and O–H groups in total. The number of hydrogen-bond donors (Lipinski definition) is 1. The summed E-state index contributed by atoms with van der Waals surface area (Å²) in [6.07, 6.45) is 0.421. The second kappa shape index (κ2) is 10.3. The molecule has 0 aromatic heterocycles. The van der Waals surface area contributed by atoms with Crippen LogP contribution >= 0.6 is 0 Å². The van der Waals surface area contributed by atoms with Crippen LogP contribution in [0.15, 0.2) is 72.8 Å². The Balaban J connectivity index is 1.90. The Hall–Kier alpha value is -3.02. The lowest BCUT2D eigenvalue weighted by atomic mass is 9.81. The van der Waals surface area contributed by atoms with Crippen LogP contribution in [-0.2, 0) is 12.0 Å². The summed E-state index contributed by atoms with van der Waals surface area (Å²) >= 11 is 0. The third-order valence-corrected chi connectivity index (χ3v) is 5.33. The fourth-order valence-corrected chi connectivity index (χ4v) is 3.45. The van der Waals surface area contributed by atoms with Gasteiger partial charge in [0, 0.05) is 13.0 Å². The summed E-state index contributed by atoms with van der Waals surface area (Å²) in [5, 5.41) is 11.9. The Labute approximate surface area is 184 Å². The fraction of sp³-hybridized carbons (Fsp3) is 0.308. The van der Waals surface area contributed by atoms with E-state index in [2.05, 4.69) is 4.90 Å². The summed E-state index contributed by atoms with van der Waals surface area (Å²) < 4.78 is 16.4. The van der Waals surface area contributed by atoms with Gasteiger partial charge in [-0.25, -0.2) is 0 Å². The monoisotopic (exact) mass is 421 g/mol. The number of rotatable bonds is 10. The average Bonchev–Trinajstić information content (AvgIpc) is 2.80. The van der Waals surface area contributed by atoms with Gasteiger partial charge in [0.25, 0.3) is 0 Å². The first-order chi connectivity index (χ1) is 14.9. The number of hydrogen-bond acceptors (Lipinski definition) is 5. The summed E-state index contributed by atoms with van der Waals surface area (Å²) in [6, 6.07) is 23.0. The normalized spacial score (nSPS) is 13.0. The van der Waals surface area contributed by atoms with E-state index in [0.717, 1.165) is 40.5 Å². The first kappa shape index (κ1) is 22.7. The number of aliphatic hydroxyl groups is 1. The molecular weight excluding hydrogens is 390 g/mol. The zero-order valence-corrected chi connectivity index (χ0v) is 18.7. The molecule has 164 valence electrons. The Kier molecular flexibility index (Phi) is 7.55. The van der Waals surface area contributed by atoms with Crippen LogP contribution in [0.4, 0.5) is 0 Å². The maximum absolute atomic E-state index is 11.9. The van der Waals surface area contributed by atoms with Gasteiger partial charge in [0.05, 0.1) is 14.2 Å². The van der Waals surface area contributed by atoms with Gasteiger partial charge in [0.1, 0.15) is 29.5 Å². The lowest BCUT2D eigenvalue weighted by molar-refractivity contribution is 0.0810. The topological polar surface area (TPSA) is 51.2 Å². The van der Waals surface area contributed by atoms with Crippen molar-refractivity contribution in [3.8, 4) is 17.2 Å². The molecule has 31 heavy (non-hydrogen) atoms. The minimum absolute atomic E-state index is 0.421. The molecule has 0 aliphatic heterocycles. The second-order valence-electron chi connectivity index (χ2n) is 7.79. The lowest BCUT2D eigenvalue weighted by Gasteiger charge is -2.30. The van der Waals surface area contributed by atoms with E-state index in [1.165, 1.54) is 0 Å². The van der Waals surface area contributed by atoms with Crippen molar-refractivity contribution in [2.24, 2.45) is 0 Å². The number of benzene rings is 3. The quantitative estimate of drug-likeness (QED) is 0.534. The molecule has 3 rings (SSSR count). The minimum Gasteiger partial charge on any atom is -0.497 e. The maximum atomic E-state index is 11.9. The molecule has 5 nitrogen and oxygen atoms in total. The zero-order chi connectivity index (χ0) is 22.3.